The predicted octanol–water partition coefficient (Wildman–Crippen LogP) is 5.71. The van der Waals surface area contributed by atoms with E-state index in [0.29, 0.717) is 12.0 Å². The van der Waals surface area contributed by atoms with E-state index in [1.165, 1.54) is 70.6 Å². The summed E-state index contributed by atoms with van der Waals surface area (Å²) in [6.45, 7) is 7.28. The van der Waals surface area contributed by atoms with E-state index in [2.05, 4.69) is 20.8 Å². The summed E-state index contributed by atoms with van der Waals surface area (Å²) in [6.07, 6.45) is 15.9. The maximum Gasteiger partial charge on any atom is 0.0431 e. The molecule has 0 aliphatic carbocycles. The molecule has 0 aliphatic heterocycles. The molecule has 0 saturated carbocycles. The molecule has 110 valence electrons. The van der Waals surface area contributed by atoms with Gasteiger partial charge in [0.05, 0.1) is 0 Å². The number of hydrogen-bond acceptors (Lipinski definition) is 1. The van der Waals surface area contributed by atoms with Crippen molar-refractivity contribution in [3.05, 3.63) is 0 Å². The first-order valence-electron chi connectivity index (χ1n) is 8.35. The van der Waals surface area contributed by atoms with Crippen molar-refractivity contribution < 1.29 is 5.11 Å². The highest BCUT2D eigenvalue weighted by atomic mass is 16.2. The molecule has 0 heterocycles. The minimum absolute atomic E-state index is 0.366. The van der Waals surface area contributed by atoms with Gasteiger partial charge in [0.25, 0.3) is 0 Å². The average molecular weight is 256 g/mol. The van der Waals surface area contributed by atoms with E-state index in [0.717, 1.165) is 6.42 Å². The summed E-state index contributed by atoms with van der Waals surface area (Å²) in [5.74, 6) is 0. The Morgan fingerprint density at radius 1 is 0.611 bits per heavy atom. The molecule has 0 rings (SSSR count). The standard InChI is InChI=1S/C17H36O/c1-4-7-12-17(13-8-5-2,14-9-6-3)15-10-11-16-18/h18H,4-16H2,1-3H3. The maximum atomic E-state index is 8.99. The fourth-order valence-electron chi connectivity index (χ4n) is 3.02. The minimum atomic E-state index is 0.366. The maximum absolute atomic E-state index is 8.99. The van der Waals surface area contributed by atoms with Gasteiger partial charge < -0.3 is 5.11 Å². The van der Waals surface area contributed by atoms with Crippen LogP contribution in [0.15, 0.2) is 0 Å². The van der Waals surface area contributed by atoms with Gasteiger partial charge in [-0.05, 0) is 37.5 Å². The smallest absolute Gasteiger partial charge is 0.0431 e. The van der Waals surface area contributed by atoms with Crippen LogP contribution in [0.25, 0.3) is 0 Å². The Bertz CT molecular complexity index is 143. The Balaban J connectivity index is 4.41. The van der Waals surface area contributed by atoms with E-state index in [-0.39, 0.29) is 0 Å². The van der Waals surface area contributed by atoms with Crippen molar-refractivity contribution in [2.45, 2.75) is 97.8 Å². The second kappa shape index (κ2) is 12.0. The molecular formula is C17H36O. The van der Waals surface area contributed by atoms with Crippen molar-refractivity contribution in [3.63, 3.8) is 0 Å². The fraction of sp³-hybridized carbons (Fsp3) is 1.00. The topological polar surface area (TPSA) is 20.2 Å². The first-order chi connectivity index (χ1) is 8.74. The normalized spacial score (nSPS) is 12.0. The molecule has 0 spiro atoms. The van der Waals surface area contributed by atoms with Gasteiger partial charge in [0.2, 0.25) is 0 Å². The van der Waals surface area contributed by atoms with E-state index in [4.69, 9.17) is 5.11 Å². The van der Waals surface area contributed by atoms with Crippen LogP contribution in [0.3, 0.4) is 0 Å². The van der Waals surface area contributed by atoms with E-state index < -0.39 is 0 Å². The van der Waals surface area contributed by atoms with Crippen molar-refractivity contribution in [2.75, 3.05) is 6.61 Å². The zero-order valence-electron chi connectivity index (χ0n) is 13.1. The molecule has 0 unspecified atom stereocenters. The van der Waals surface area contributed by atoms with Crippen LogP contribution < -0.4 is 0 Å². The number of aliphatic hydroxyl groups excluding tert-OH is 1. The second-order valence-corrected chi connectivity index (χ2v) is 5.99. The van der Waals surface area contributed by atoms with Gasteiger partial charge in [0.1, 0.15) is 0 Å². The van der Waals surface area contributed by atoms with Gasteiger partial charge in [-0.1, -0.05) is 65.7 Å². The zero-order valence-corrected chi connectivity index (χ0v) is 13.1. The molecule has 0 bridgehead atoms. The molecule has 0 amide bonds. The molecule has 0 radical (unpaired) electrons. The van der Waals surface area contributed by atoms with Gasteiger partial charge in [-0.25, -0.2) is 0 Å². The zero-order chi connectivity index (χ0) is 13.7. The Kier molecular flexibility index (Phi) is 12.0. The summed E-state index contributed by atoms with van der Waals surface area (Å²) in [6, 6.07) is 0. The van der Waals surface area contributed by atoms with E-state index >= 15 is 0 Å². The van der Waals surface area contributed by atoms with Gasteiger partial charge >= 0.3 is 0 Å². The highest BCUT2D eigenvalue weighted by Crippen LogP contribution is 2.41. The highest BCUT2D eigenvalue weighted by Gasteiger charge is 2.27. The monoisotopic (exact) mass is 256 g/mol. The lowest BCUT2D eigenvalue weighted by molar-refractivity contribution is 0.169. The Morgan fingerprint density at radius 3 is 1.33 bits per heavy atom. The second-order valence-electron chi connectivity index (χ2n) is 5.99. The van der Waals surface area contributed by atoms with E-state index in [9.17, 15) is 0 Å². The van der Waals surface area contributed by atoms with Crippen LogP contribution in [0.1, 0.15) is 97.8 Å². The molecule has 1 N–H and O–H groups in total. The van der Waals surface area contributed by atoms with Crippen molar-refractivity contribution >= 4 is 0 Å². The molecule has 0 atom stereocenters. The van der Waals surface area contributed by atoms with Gasteiger partial charge in [0.15, 0.2) is 0 Å². The summed E-state index contributed by atoms with van der Waals surface area (Å²) < 4.78 is 0. The van der Waals surface area contributed by atoms with E-state index in [1.807, 2.05) is 0 Å². The van der Waals surface area contributed by atoms with Crippen LogP contribution in [0.4, 0.5) is 0 Å². The summed E-state index contributed by atoms with van der Waals surface area (Å²) in [4.78, 5) is 0. The van der Waals surface area contributed by atoms with Crippen LogP contribution in [0.5, 0.6) is 0 Å². The van der Waals surface area contributed by atoms with Crippen LogP contribution in [-0.2, 0) is 0 Å². The minimum Gasteiger partial charge on any atom is -0.396 e. The van der Waals surface area contributed by atoms with Gasteiger partial charge in [0, 0.05) is 6.61 Å². The van der Waals surface area contributed by atoms with Crippen molar-refractivity contribution in [1.29, 1.82) is 0 Å². The van der Waals surface area contributed by atoms with Crippen LogP contribution in [-0.4, -0.2) is 11.7 Å². The largest absolute Gasteiger partial charge is 0.396 e. The lowest BCUT2D eigenvalue weighted by atomic mass is 9.71. The average Bonchev–Trinajstić information content (AvgIpc) is 2.40. The summed E-state index contributed by atoms with van der Waals surface area (Å²) in [5.41, 5.74) is 0.594. The molecule has 1 heteroatoms. The molecule has 18 heavy (non-hydrogen) atoms. The Hall–Kier alpha value is -0.0400. The molecule has 0 saturated heterocycles. The Labute approximate surface area is 115 Å². The number of unbranched alkanes of at least 4 members (excludes halogenated alkanes) is 4. The predicted molar refractivity (Wildman–Crippen MR) is 81.9 cm³/mol. The molecule has 0 aromatic carbocycles. The summed E-state index contributed by atoms with van der Waals surface area (Å²) in [5, 5.41) is 8.99. The van der Waals surface area contributed by atoms with Crippen LogP contribution in [0, 0.1) is 5.41 Å². The summed E-state index contributed by atoms with van der Waals surface area (Å²) in [7, 11) is 0. The Morgan fingerprint density at radius 2 is 1.00 bits per heavy atom. The molecular weight excluding hydrogens is 220 g/mol. The number of aliphatic hydroxyl groups is 1. The third kappa shape index (κ3) is 8.13. The van der Waals surface area contributed by atoms with Crippen molar-refractivity contribution in [1.82, 2.24) is 0 Å². The molecule has 0 fully saturated rings. The van der Waals surface area contributed by atoms with Gasteiger partial charge in [-0.2, -0.15) is 0 Å². The van der Waals surface area contributed by atoms with Crippen LogP contribution in [0.2, 0.25) is 0 Å². The summed E-state index contributed by atoms with van der Waals surface area (Å²) >= 11 is 0. The number of hydrogen-bond donors (Lipinski definition) is 1. The molecule has 0 aromatic heterocycles. The first kappa shape index (κ1) is 18.0. The van der Waals surface area contributed by atoms with Crippen LogP contribution >= 0.6 is 0 Å². The number of rotatable bonds is 13. The lowest BCUT2D eigenvalue weighted by Crippen LogP contribution is -2.21. The quantitative estimate of drug-likeness (QED) is 0.419. The third-order valence-electron chi connectivity index (χ3n) is 4.30. The molecule has 0 aromatic rings. The molecule has 1 nitrogen and oxygen atoms in total. The fourth-order valence-corrected chi connectivity index (χ4v) is 3.02. The lowest BCUT2D eigenvalue weighted by Gasteiger charge is -2.34. The van der Waals surface area contributed by atoms with E-state index in [1.54, 1.807) is 0 Å². The van der Waals surface area contributed by atoms with Gasteiger partial charge in [-0.3, -0.25) is 0 Å². The highest BCUT2D eigenvalue weighted by molar-refractivity contribution is 4.79. The van der Waals surface area contributed by atoms with Gasteiger partial charge in [-0.15, -0.1) is 0 Å². The SMILES string of the molecule is CCCCC(CCCC)(CCCC)CCCCO. The third-order valence-corrected chi connectivity index (χ3v) is 4.30. The van der Waals surface area contributed by atoms with Crippen molar-refractivity contribution in [2.24, 2.45) is 5.41 Å². The molecule has 0 aliphatic rings. The van der Waals surface area contributed by atoms with Crippen molar-refractivity contribution in [3.8, 4) is 0 Å². The first-order valence-corrected chi connectivity index (χ1v) is 8.35.